The first-order chi connectivity index (χ1) is 5.54. The second kappa shape index (κ2) is 3.13. The maximum absolute atomic E-state index is 5.94. The summed E-state index contributed by atoms with van der Waals surface area (Å²) >= 11 is 0. The van der Waals surface area contributed by atoms with Crippen LogP contribution in [0.5, 0.6) is 0 Å². The minimum atomic E-state index is 0.456. The maximum Gasteiger partial charge on any atom is 0.0427 e. The molecule has 2 N–H and O–H groups in total. The summed E-state index contributed by atoms with van der Waals surface area (Å²) in [5, 5.41) is 0. The van der Waals surface area contributed by atoms with Crippen LogP contribution < -0.4 is 5.73 Å². The van der Waals surface area contributed by atoms with Crippen molar-refractivity contribution < 1.29 is 0 Å². The summed E-state index contributed by atoms with van der Waals surface area (Å²) in [6, 6.07) is 0. The average Bonchev–Trinajstić information content (AvgIpc) is 1.97. The number of rotatable bonds is 1. The zero-order valence-electron chi connectivity index (χ0n) is 8.18. The lowest BCUT2D eigenvalue weighted by Crippen LogP contribution is -2.03. The maximum atomic E-state index is 5.94. The van der Waals surface area contributed by atoms with E-state index in [4.69, 9.17) is 5.73 Å². The molecule has 0 spiro atoms. The highest BCUT2D eigenvalue weighted by molar-refractivity contribution is 5.55. The third-order valence-corrected chi connectivity index (χ3v) is 2.13. The average molecular weight is 164 g/mol. The van der Waals surface area contributed by atoms with Crippen LogP contribution in [0.25, 0.3) is 0 Å². The Morgan fingerprint density at radius 2 is 1.92 bits per heavy atom. The molecule has 0 amide bonds. The van der Waals surface area contributed by atoms with Crippen LogP contribution in [0.3, 0.4) is 0 Å². The number of pyridine rings is 1. The van der Waals surface area contributed by atoms with Crippen molar-refractivity contribution >= 4 is 5.69 Å². The zero-order chi connectivity index (χ0) is 9.30. The summed E-state index contributed by atoms with van der Waals surface area (Å²) in [6.45, 7) is 8.28. The van der Waals surface area contributed by atoms with Crippen LogP contribution in [0, 0.1) is 13.8 Å². The van der Waals surface area contributed by atoms with Gasteiger partial charge in [-0.1, -0.05) is 13.8 Å². The van der Waals surface area contributed by atoms with Crippen molar-refractivity contribution in [3.63, 3.8) is 0 Å². The molecule has 0 aliphatic rings. The Kier molecular flexibility index (Phi) is 2.36. The van der Waals surface area contributed by atoms with Gasteiger partial charge >= 0.3 is 0 Å². The van der Waals surface area contributed by atoms with E-state index in [1.54, 1.807) is 0 Å². The van der Waals surface area contributed by atoms with Gasteiger partial charge < -0.3 is 5.73 Å². The van der Waals surface area contributed by atoms with Crippen LogP contribution >= 0.6 is 0 Å². The fourth-order valence-electron chi connectivity index (χ4n) is 1.47. The van der Waals surface area contributed by atoms with Gasteiger partial charge in [0.1, 0.15) is 0 Å². The van der Waals surface area contributed by atoms with Crippen molar-refractivity contribution in [2.24, 2.45) is 0 Å². The molecule has 1 aromatic rings. The van der Waals surface area contributed by atoms with Crippen molar-refractivity contribution in [2.75, 3.05) is 5.73 Å². The zero-order valence-corrected chi connectivity index (χ0v) is 8.18. The van der Waals surface area contributed by atoms with Gasteiger partial charge in [0.05, 0.1) is 0 Å². The molecule has 66 valence electrons. The van der Waals surface area contributed by atoms with Crippen LogP contribution in [-0.2, 0) is 0 Å². The van der Waals surface area contributed by atoms with Crippen LogP contribution in [0.15, 0.2) is 6.20 Å². The number of hydrogen-bond donors (Lipinski definition) is 1. The van der Waals surface area contributed by atoms with E-state index in [9.17, 15) is 0 Å². The lowest BCUT2D eigenvalue weighted by atomic mass is 9.98. The Labute approximate surface area is 73.8 Å². The Hall–Kier alpha value is -1.05. The molecule has 0 fully saturated rings. The van der Waals surface area contributed by atoms with Gasteiger partial charge in [0.15, 0.2) is 0 Å². The highest BCUT2D eigenvalue weighted by atomic mass is 14.7. The Bertz CT molecular complexity index is 290. The lowest BCUT2D eigenvalue weighted by Gasteiger charge is -2.13. The standard InChI is InChI=1S/C10H16N2/c1-6(2)9-8(4)12-5-7(3)10(9)11/h5-6H,1-4H3,(H2,11,12). The van der Waals surface area contributed by atoms with E-state index >= 15 is 0 Å². The van der Waals surface area contributed by atoms with Crippen LogP contribution in [0.1, 0.15) is 36.6 Å². The van der Waals surface area contributed by atoms with Crippen LogP contribution in [-0.4, -0.2) is 4.98 Å². The third kappa shape index (κ3) is 1.42. The van der Waals surface area contributed by atoms with Gasteiger partial charge in [-0.15, -0.1) is 0 Å². The predicted molar refractivity (Wildman–Crippen MR) is 52.2 cm³/mol. The number of nitrogens with zero attached hydrogens (tertiary/aromatic N) is 1. The minimum Gasteiger partial charge on any atom is -0.398 e. The van der Waals surface area contributed by atoms with Gasteiger partial charge in [-0.3, -0.25) is 4.98 Å². The smallest absolute Gasteiger partial charge is 0.0427 e. The molecule has 0 unspecified atom stereocenters. The van der Waals surface area contributed by atoms with Crippen molar-refractivity contribution in [3.8, 4) is 0 Å². The molecule has 0 atom stereocenters. The summed E-state index contributed by atoms with van der Waals surface area (Å²) in [7, 11) is 0. The van der Waals surface area contributed by atoms with Gasteiger partial charge in [0, 0.05) is 17.6 Å². The van der Waals surface area contributed by atoms with E-state index in [-0.39, 0.29) is 0 Å². The number of aromatic nitrogens is 1. The molecule has 0 radical (unpaired) electrons. The molecule has 1 heterocycles. The van der Waals surface area contributed by atoms with E-state index in [0.29, 0.717) is 5.92 Å². The van der Waals surface area contributed by atoms with E-state index in [1.807, 2.05) is 20.0 Å². The quantitative estimate of drug-likeness (QED) is 0.692. The molecule has 0 aliphatic carbocycles. The first kappa shape index (κ1) is 9.04. The summed E-state index contributed by atoms with van der Waals surface area (Å²) < 4.78 is 0. The minimum absolute atomic E-state index is 0.456. The lowest BCUT2D eigenvalue weighted by molar-refractivity contribution is 0.844. The molecule has 0 aromatic carbocycles. The summed E-state index contributed by atoms with van der Waals surface area (Å²) in [4.78, 5) is 4.28. The predicted octanol–water partition coefficient (Wildman–Crippen LogP) is 2.40. The summed E-state index contributed by atoms with van der Waals surface area (Å²) in [5.41, 5.74) is 10.2. The Morgan fingerprint density at radius 3 is 2.33 bits per heavy atom. The molecule has 1 aromatic heterocycles. The second-order valence-electron chi connectivity index (χ2n) is 3.51. The fourth-order valence-corrected chi connectivity index (χ4v) is 1.47. The van der Waals surface area contributed by atoms with E-state index in [0.717, 1.165) is 16.9 Å². The van der Waals surface area contributed by atoms with Crippen molar-refractivity contribution in [1.29, 1.82) is 0 Å². The number of nitrogen functional groups attached to an aromatic ring is 1. The Balaban J connectivity index is 3.33. The van der Waals surface area contributed by atoms with Crippen LogP contribution in [0.2, 0.25) is 0 Å². The molecule has 0 saturated carbocycles. The molecular weight excluding hydrogens is 148 g/mol. The molecule has 2 nitrogen and oxygen atoms in total. The third-order valence-electron chi connectivity index (χ3n) is 2.13. The number of hydrogen-bond acceptors (Lipinski definition) is 2. The second-order valence-corrected chi connectivity index (χ2v) is 3.51. The summed E-state index contributed by atoms with van der Waals surface area (Å²) in [6.07, 6.45) is 1.83. The fraction of sp³-hybridized carbons (Fsp3) is 0.500. The topological polar surface area (TPSA) is 38.9 Å². The Morgan fingerprint density at radius 1 is 1.33 bits per heavy atom. The van der Waals surface area contributed by atoms with Gasteiger partial charge in [0.25, 0.3) is 0 Å². The molecule has 2 heteroatoms. The van der Waals surface area contributed by atoms with Crippen molar-refractivity contribution in [2.45, 2.75) is 33.6 Å². The molecular formula is C10H16N2. The number of nitrogens with two attached hydrogens (primary N) is 1. The first-order valence-electron chi connectivity index (χ1n) is 4.25. The molecule has 12 heavy (non-hydrogen) atoms. The molecule has 0 bridgehead atoms. The normalized spacial score (nSPS) is 10.8. The van der Waals surface area contributed by atoms with E-state index in [2.05, 4.69) is 18.8 Å². The van der Waals surface area contributed by atoms with Gasteiger partial charge in [0.2, 0.25) is 0 Å². The van der Waals surface area contributed by atoms with E-state index in [1.165, 1.54) is 5.56 Å². The summed E-state index contributed by atoms with van der Waals surface area (Å²) in [5.74, 6) is 0.456. The number of aryl methyl sites for hydroxylation is 2. The van der Waals surface area contributed by atoms with Crippen molar-refractivity contribution in [3.05, 3.63) is 23.0 Å². The van der Waals surface area contributed by atoms with Gasteiger partial charge in [-0.05, 0) is 30.9 Å². The number of anilines is 1. The highest BCUT2D eigenvalue weighted by Crippen LogP contribution is 2.26. The van der Waals surface area contributed by atoms with E-state index < -0.39 is 0 Å². The monoisotopic (exact) mass is 164 g/mol. The van der Waals surface area contributed by atoms with Gasteiger partial charge in [-0.2, -0.15) is 0 Å². The highest BCUT2D eigenvalue weighted by Gasteiger charge is 2.09. The van der Waals surface area contributed by atoms with Crippen molar-refractivity contribution in [1.82, 2.24) is 4.98 Å². The SMILES string of the molecule is Cc1cnc(C)c(C(C)C)c1N. The van der Waals surface area contributed by atoms with Gasteiger partial charge in [-0.25, -0.2) is 0 Å². The molecule has 1 rings (SSSR count). The van der Waals surface area contributed by atoms with Crippen LogP contribution in [0.4, 0.5) is 5.69 Å². The molecule has 0 aliphatic heterocycles. The largest absolute Gasteiger partial charge is 0.398 e. The first-order valence-corrected chi connectivity index (χ1v) is 4.25. The molecule has 0 saturated heterocycles.